The molecule has 2 amide bonds. The Morgan fingerprint density at radius 3 is 2.50 bits per heavy atom. The number of hydrogen-bond donors (Lipinski definition) is 1. The summed E-state index contributed by atoms with van der Waals surface area (Å²) in [6.07, 6.45) is 0. The summed E-state index contributed by atoms with van der Waals surface area (Å²) in [6.45, 7) is 1.90. The van der Waals surface area contributed by atoms with Gasteiger partial charge in [-0.05, 0) is 36.8 Å². The van der Waals surface area contributed by atoms with Crippen LogP contribution >= 0.6 is 11.6 Å². The highest BCUT2D eigenvalue weighted by molar-refractivity contribution is 6.32. The molecular weight excluding hydrogens is 408 g/mol. The van der Waals surface area contributed by atoms with Gasteiger partial charge in [0.15, 0.2) is 0 Å². The Balaban J connectivity index is 2.03. The SMILES string of the molecule is CCOC(=O)C1=C(COc2ccccc2Cl)N(C)C(=O)NC1c1ccc(OC)cc1. The third-order valence-electron chi connectivity index (χ3n) is 4.72. The maximum absolute atomic E-state index is 12.9. The fourth-order valence-corrected chi connectivity index (χ4v) is 3.33. The summed E-state index contributed by atoms with van der Waals surface area (Å²) in [5, 5.41) is 3.29. The number of urea groups is 1. The number of nitrogens with one attached hydrogen (secondary N) is 1. The average Bonchev–Trinajstić information content (AvgIpc) is 2.75. The van der Waals surface area contributed by atoms with Crippen molar-refractivity contribution in [2.24, 2.45) is 0 Å². The summed E-state index contributed by atoms with van der Waals surface area (Å²) in [5.41, 5.74) is 1.42. The van der Waals surface area contributed by atoms with Crippen LogP contribution in [0.4, 0.5) is 4.79 Å². The van der Waals surface area contributed by atoms with Gasteiger partial charge in [-0.3, -0.25) is 4.90 Å². The van der Waals surface area contributed by atoms with E-state index in [4.69, 9.17) is 25.8 Å². The van der Waals surface area contributed by atoms with Crippen LogP contribution in [0.2, 0.25) is 5.02 Å². The summed E-state index contributed by atoms with van der Waals surface area (Å²) in [6, 6.07) is 13.1. The van der Waals surface area contributed by atoms with Gasteiger partial charge in [-0.25, -0.2) is 9.59 Å². The molecule has 1 heterocycles. The van der Waals surface area contributed by atoms with Crippen LogP contribution in [0, 0.1) is 0 Å². The number of amides is 2. The number of ether oxygens (including phenoxy) is 3. The summed E-state index contributed by atoms with van der Waals surface area (Å²) >= 11 is 6.17. The fourth-order valence-electron chi connectivity index (χ4n) is 3.14. The van der Waals surface area contributed by atoms with Crippen molar-refractivity contribution in [2.75, 3.05) is 27.4 Å². The van der Waals surface area contributed by atoms with Crippen LogP contribution in [0.5, 0.6) is 11.5 Å². The van der Waals surface area contributed by atoms with Crippen molar-refractivity contribution >= 4 is 23.6 Å². The van der Waals surface area contributed by atoms with E-state index < -0.39 is 12.0 Å². The Kier molecular flexibility index (Phi) is 6.84. The van der Waals surface area contributed by atoms with Gasteiger partial charge in [0.1, 0.15) is 18.1 Å². The van der Waals surface area contributed by atoms with E-state index in [2.05, 4.69) is 5.32 Å². The lowest BCUT2D eigenvalue weighted by Gasteiger charge is -2.34. The molecule has 0 spiro atoms. The van der Waals surface area contributed by atoms with Gasteiger partial charge in [0, 0.05) is 7.05 Å². The molecule has 0 radical (unpaired) electrons. The molecule has 0 saturated carbocycles. The first kappa shape index (κ1) is 21.5. The smallest absolute Gasteiger partial charge is 0.338 e. The number of halogens is 1. The normalized spacial score (nSPS) is 16.2. The molecule has 2 aromatic carbocycles. The molecule has 0 bridgehead atoms. The zero-order chi connectivity index (χ0) is 21.7. The lowest BCUT2D eigenvalue weighted by atomic mass is 9.94. The third-order valence-corrected chi connectivity index (χ3v) is 5.03. The second kappa shape index (κ2) is 9.54. The van der Waals surface area contributed by atoms with Crippen LogP contribution in [0.15, 0.2) is 59.8 Å². The highest BCUT2D eigenvalue weighted by Gasteiger charge is 2.37. The maximum Gasteiger partial charge on any atom is 0.338 e. The first-order chi connectivity index (χ1) is 14.5. The van der Waals surface area contributed by atoms with Gasteiger partial charge < -0.3 is 19.5 Å². The molecule has 3 rings (SSSR count). The number of likely N-dealkylation sites (N-methyl/N-ethyl adjacent to an activating group) is 1. The van der Waals surface area contributed by atoms with Gasteiger partial charge in [0.05, 0.1) is 36.1 Å². The largest absolute Gasteiger partial charge is 0.497 e. The van der Waals surface area contributed by atoms with Gasteiger partial charge in [-0.15, -0.1) is 0 Å². The standard InChI is InChI=1S/C22H23ClN2O5/c1-4-29-21(26)19-17(13-30-18-8-6-5-7-16(18)23)25(2)22(27)24-20(19)14-9-11-15(28-3)12-10-14/h5-12,20H,4,13H2,1-3H3,(H,24,27). The fraction of sp³-hybridized carbons (Fsp3) is 0.273. The summed E-state index contributed by atoms with van der Waals surface area (Å²) in [4.78, 5) is 26.9. The van der Waals surface area contributed by atoms with Gasteiger partial charge in [0.25, 0.3) is 0 Å². The molecule has 1 N–H and O–H groups in total. The topological polar surface area (TPSA) is 77.1 Å². The molecule has 1 aliphatic heterocycles. The molecule has 8 heteroatoms. The van der Waals surface area contributed by atoms with E-state index in [9.17, 15) is 9.59 Å². The maximum atomic E-state index is 12.9. The number of rotatable bonds is 7. The number of esters is 1. The third kappa shape index (κ3) is 4.52. The van der Waals surface area contributed by atoms with Crippen molar-refractivity contribution < 1.29 is 23.8 Å². The van der Waals surface area contributed by atoms with E-state index in [0.717, 1.165) is 5.56 Å². The monoisotopic (exact) mass is 430 g/mol. The number of hydrogen-bond acceptors (Lipinski definition) is 5. The Labute approximate surface area is 180 Å². The van der Waals surface area contributed by atoms with Crippen LogP contribution in [0.1, 0.15) is 18.5 Å². The average molecular weight is 431 g/mol. The zero-order valence-electron chi connectivity index (χ0n) is 17.0. The van der Waals surface area contributed by atoms with E-state index in [1.807, 2.05) is 0 Å². The molecule has 1 aliphatic rings. The molecule has 2 aromatic rings. The van der Waals surface area contributed by atoms with E-state index in [0.29, 0.717) is 27.8 Å². The first-order valence-corrected chi connectivity index (χ1v) is 9.79. The van der Waals surface area contributed by atoms with E-state index in [1.54, 1.807) is 69.6 Å². The molecule has 7 nitrogen and oxygen atoms in total. The first-order valence-electron chi connectivity index (χ1n) is 9.42. The molecule has 0 aliphatic carbocycles. The van der Waals surface area contributed by atoms with Crippen LogP contribution in [0.25, 0.3) is 0 Å². The Bertz CT molecular complexity index is 958. The zero-order valence-corrected chi connectivity index (χ0v) is 17.7. The van der Waals surface area contributed by atoms with Crippen molar-refractivity contribution in [1.82, 2.24) is 10.2 Å². The van der Waals surface area contributed by atoms with Crippen LogP contribution < -0.4 is 14.8 Å². The predicted molar refractivity (Wildman–Crippen MR) is 113 cm³/mol. The number of benzene rings is 2. The molecule has 0 fully saturated rings. The number of carbonyl (C=O) groups excluding carboxylic acids is 2. The van der Waals surface area contributed by atoms with E-state index in [1.165, 1.54) is 4.90 Å². The van der Waals surface area contributed by atoms with E-state index in [-0.39, 0.29) is 19.2 Å². The molecule has 0 aromatic heterocycles. The van der Waals surface area contributed by atoms with Gasteiger partial charge in [-0.2, -0.15) is 0 Å². The van der Waals surface area contributed by atoms with E-state index >= 15 is 0 Å². The van der Waals surface area contributed by atoms with Gasteiger partial charge in [0.2, 0.25) is 0 Å². The van der Waals surface area contributed by atoms with Crippen LogP contribution in [-0.4, -0.2) is 44.3 Å². The Hall–Kier alpha value is -3.19. The predicted octanol–water partition coefficient (Wildman–Crippen LogP) is 3.94. The van der Waals surface area contributed by atoms with Crippen molar-refractivity contribution in [3.05, 3.63) is 70.4 Å². The summed E-state index contributed by atoms with van der Waals surface area (Å²) < 4.78 is 16.3. The number of methoxy groups -OCH3 is 1. The van der Waals surface area contributed by atoms with Crippen molar-refractivity contribution in [2.45, 2.75) is 13.0 Å². The minimum absolute atomic E-state index is 0.0333. The quantitative estimate of drug-likeness (QED) is 0.673. The van der Waals surface area contributed by atoms with Crippen molar-refractivity contribution in [1.29, 1.82) is 0 Å². The van der Waals surface area contributed by atoms with Crippen LogP contribution in [-0.2, 0) is 9.53 Å². The van der Waals surface area contributed by atoms with Crippen LogP contribution in [0.3, 0.4) is 0 Å². The highest BCUT2D eigenvalue weighted by Crippen LogP contribution is 2.33. The second-order valence-corrected chi connectivity index (χ2v) is 6.92. The molecule has 0 saturated heterocycles. The summed E-state index contributed by atoms with van der Waals surface area (Å²) in [7, 11) is 3.14. The second-order valence-electron chi connectivity index (χ2n) is 6.51. The minimum atomic E-state index is -0.691. The minimum Gasteiger partial charge on any atom is -0.497 e. The molecule has 158 valence electrons. The molecule has 1 unspecified atom stereocenters. The van der Waals surface area contributed by atoms with Crippen molar-refractivity contribution in [3.63, 3.8) is 0 Å². The number of nitrogens with zero attached hydrogens (tertiary/aromatic N) is 1. The van der Waals surface area contributed by atoms with Crippen molar-refractivity contribution in [3.8, 4) is 11.5 Å². The number of carbonyl (C=O) groups is 2. The molecule has 30 heavy (non-hydrogen) atoms. The van der Waals surface area contributed by atoms with Gasteiger partial charge in [-0.1, -0.05) is 35.9 Å². The summed E-state index contributed by atoms with van der Waals surface area (Å²) in [5.74, 6) is 0.597. The lowest BCUT2D eigenvalue weighted by molar-refractivity contribution is -0.139. The molecular formula is C22H23ClN2O5. The lowest BCUT2D eigenvalue weighted by Crippen LogP contribution is -2.48. The highest BCUT2D eigenvalue weighted by atomic mass is 35.5. The Morgan fingerprint density at radius 1 is 1.17 bits per heavy atom. The van der Waals surface area contributed by atoms with Gasteiger partial charge >= 0.3 is 12.0 Å². The number of para-hydroxylation sites is 1. The Morgan fingerprint density at radius 2 is 1.87 bits per heavy atom. The molecule has 1 atom stereocenters.